The van der Waals surface area contributed by atoms with E-state index >= 15 is 0 Å². The fraction of sp³-hybridized carbons (Fsp3) is 0. The molecule has 0 aromatic heterocycles. The van der Waals surface area contributed by atoms with Gasteiger partial charge in [0.05, 0.1) is 0 Å². The maximum absolute atomic E-state index is 5.01. The van der Waals surface area contributed by atoms with Gasteiger partial charge < -0.3 is 0 Å². The van der Waals surface area contributed by atoms with Crippen LogP contribution in [-0.2, 0) is 47.2 Å². The third-order valence-corrected chi connectivity index (χ3v) is 0. The minimum Gasteiger partial charge on any atom is 0 e. The van der Waals surface area contributed by atoms with Crippen molar-refractivity contribution < 1.29 is 47.2 Å². The molecule has 0 rings (SSSR count). The maximum Gasteiger partial charge on any atom is 0 e. The molecule has 10 heteroatoms. The SMILES string of the molecule is [Cl][Pt]([Cl])([Cl])[Cl].[Cl][Pt]([Cl])[Cl].[Pt]. The second-order valence-corrected chi connectivity index (χ2v) is 30.0. The van der Waals surface area contributed by atoms with E-state index in [-0.39, 0.29) is 21.1 Å². The second-order valence-electron chi connectivity index (χ2n) is 0.407. The summed E-state index contributed by atoms with van der Waals surface area (Å²) in [5.41, 5.74) is 0. The Balaban J connectivity index is -0.0000000910. The molecule has 0 bridgehead atoms. The first-order valence-corrected chi connectivity index (χ1v) is 20.5. The van der Waals surface area contributed by atoms with Crippen molar-refractivity contribution in [3.63, 3.8) is 0 Å². The topological polar surface area (TPSA) is 0 Å². The molecule has 0 aliphatic carbocycles. The van der Waals surface area contributed by atoms with Gasteiger partial charge in [-0.05, 0) is 0 Å². The molecule has 79 valence electrons. The van der Waals surface area contributed by atoms with Crippen molar-refractivity contribution in [2.45, 2.75) is 0 Å². The molecule has 0 nitrogen and oxygen atoms in total. The zero-order valence-electron chi connectivity index (χ0n) is 3.59. The molecule has 0 heterocycles. The molecule has 0 aromatic carbocycles. The van der Waals surface area contributed by atoms with Crippen molar-refractivity contribution in [1.82, 2.24) is 0 Å². The molecule has 10 heavy (non-hydrogen) atoms. The molecule has 0 fully saturated rings. The van der Waals surface area contributed by atoms with E-state index in [1.165, 1.54) is 0 Å². The summed E-state index contributed by atoms with van der Waals surface area (Å²) in [5.74, 6) is 0. The summed E-state index contributed by atoms with van der Waals surface area (Å²) < 4.78 is 0. The molecule has 0 radical (unpaired) electrons. The monoisotopic (exact) mass is 830 g/mol. The number of halogens is 7. The van der Waals surface area contributed by atoms with Crippen molar-refractivity contribution in [3.05, 3.63) is 0 Å². The Bertz CT molecular complexity index is 45.6. The van der Waals surface area contributed by atoms with Gasteiger partial charge in [-0.25, -0.2) is 0 Å². The van der Waals surface area contributed by atoms with Gasteiger partial charge in [0, 0.05) is 21.1 Å². The van der Waals surface area contributed by atoms with Crippen LogP contribution in [0, 0.1) is 0 Å². The van der Waals surface area contributed by atoms with Crippen LogP contribution in [0.1, 0.15) is 0 Å². The Hall–Kier alpha value is 4.09. The van der Waals surface area contributed by atoms with E-state index in [2.05, 4.69) is 0 Å². The van der Waals surface area contributed by atoms with E-state index in [9.17, 15) is 0 Å². The van der Waals surface area contributed by atoms with Gasteiger partial charge in [0.15, 0.2) is 0 Å². The van der Waals surface area contributed by atoms with Gasteiger partial charge in [-0.15, -0.1) is 0 Å². The molecule has 0 N–H and O–H groups in total. The molecule has 0 saturated heterocycles. The third kappa shape index (κ3) is 88.8. The van der Waals surface area contributed by atoms with Crippen molar-refractivity contribution in [1.29, 1.82) is 0 Å². The maximum atomic E-state index is 5.01. The van der Waals surface area contributed by atoms with Gasteiger partial charge in [-0.2, -0.15) is 0 Å². The van der Waals surface area contributed by atoms with Crippen LogP contribution >= 0.6 is 65.9 Å². The molecule has 0 spiro atoms. The molecular formula is Cl7Pt3. The molecule has 0 aromatic rings. The molecule has 0 saturated carbocycles. The van der Waals surface area contributed by atoms with E-state index < -0.39 is 26.1 Å². The van der Waals surface area contributed by atoms with E-state index in [1.807, 2.05) is 0 Å². The molecule has 0 amide bonds. The fourth-order valence-corrected chi connectivity index (χ4v) is 0. The van der Waals surface area contributed by atoms with Gasteiger partial charge in [-0.1, -0.05) is 0 Å². The van der Waals surface area contributed by atoms with Crippen molar-refractivity contribution in [2.24, 2.45) is 0 Å². The average Bonchev–Trinajstić information content (AvgIpc) is 1.19. The molecule has 0 aliphatic rings. The first kappa shape index (κ1) is 19.6. The van der Waals surface area contributed by atoms with Crippen LogP contribution in [0.2, 0.25) is 0 Å². The Labute approximate surface area is 111 Å². The predicted molar refractivity (Wildman–Crippen MR) is 41.0 cm³/mol. The molecule has 0 atom stereocenters. The Morgan fingerprint density at radius 2 is 0.800 bits per heavy atom. The van der Waals surface area contributed by atoms with Crippen LogP contribution in [-0.4, -0.2) is 0 Å². The first-order chi connectivity index (χ1) is 3.73. The first-order valence-electron chi connectivity index (χ1n) is 0.837. The molecule has 0 unspecified atom stereocenters. The second kappa shape index (κ2) is 11.2. The summed E-state index contributed by atoms with van der Waals surface area (Å²) in [6.45, 7) is 0. The standard InChI is InChI=1S/7ClH.3Pt/h7*1H;;;/q;;;;;;;;+3;+4/p-7. The minimum atomic E-state index is -3.06. The van der Waals surface area contributed by atoms with Crippen molar-refractivity contribution in [2.75, 3.05) is 0 Å². The largest absolute Gasteiger partial charge is 0 e. The number of hydrogen-bond acceptors (Lipinski definition) is 0. The van der Waals surface area contributed by atoms with Gasteiger partial charge in [-0.3, -0.25) is 0 Å². The van der Waals surface area contributed by atoms with E-state index in [0.717, 1.165) is 0 Å². The van der Waals surface area contributed by atoms with Crippen molar-refractivity contribution in [3.8, 4) is 0 Å². The smallest absolute Gasteiger partial charge is 0 e. The summed E-state index contributed by atoms with van der Waals surface area (Å²) >= 11 is -4.91. The zero-order valence-corrected chi connectivity index (χ0v) is 15.7. The zero-order chi connectivity index (χ0) is 8.08. The van der Waals surface area contributed by atoms with Crippen LogP contribution in [0.5, 0.6) is 0 Å². The van der Waals surface area contributed by atoms with E-state index in [0.29, 0.717) is 0 Å². The fourth-order valence-electron chi connectivity index (χ4n) is 0. The van der Waals surface area contributed by atoms with Crippen LogP contribution in [0.4, 0.5) is 0 Å². The van der Waals surface area contributed by atoms with Gasteiger partial charge in [0.1, 0.15) is 0 Å². The summed E-state index contributed by atoms with van der Waals surface area (Å²) in [6.07, 6.45) is 0. The van der Waals surface area contributed by atoms with Gasteiger partial charge in [0.2, 0.25) is 0 Å². The van der Waals surface area contributed by atoms with Crippen LogP contribution in [0.25, 0.3) is 0 Å². The number of hydrogen-bond donors (Lipinski definition) is 0. The van der Waals surface area contributed by atoms with E-state index in [4.69, 9.17) is 65.9 Å². The van der Waals surface area contributed by atoms with Crippen molar-refractivity contribution >= 4 is 65.9 Å². The van der Waals surface area contributed by atoms with Gasteiger partial charge in [0.25, 0.3) is 0 Å². The predicted octanol–water partition coefficient (Wildman–Crippen LogP) is 4.82. The molecular weight excluding hydrogens is 833 g/mol. The Kier molecular flexibility index (Phi) is 21.9. The number of rotatable bonds is 0. The molecule has 0 aliphatic heterocycles. The Morgan fingerprint density at radius 1 is 0.800 bits per heavy atom. The summed E-state index contributed by atoms with van der Waals surface area (Å²) in [5, 5.41) is 0. The normalized spacial score (nSPS) is 12.1. The average molecular weight is 833 g/mol. The van der Waals surface area contributed by atoms with E-state index in [1.54, 1.807) is 0 Å². The minimum absolute atomic E-state index is 0. The van der Waals surface area contributed by atoms with Crippen LogP contribution in [0.3, 0.4) is 0 Å². The quantitative estimate of drug-likeness (QED) is 0.329. The summed E-state index contributed by atoms with van der Waals surface area (Å²) in [7, 11) is 34.9. The van der Waals surface area contributed by atoms with Gasteiger partial charge >= 0.3 is 92.0 Å². The summed E-state index contributed by atoms with van der Waals surface area (Å²) in [6, 6.07) is 0. The van der Waals surface area contributed by atoms with Crippen LogP contribution in [0.15, 0.2) is 0 Å². The van der Waals surface area contributed by atoms with Crippen LogP contribution < -0.4 is 0 Å². The third-order valence-electron chi connectivity index (χ3n) is 0. The summed E-state index contributed by atoms with van der Waals surface area (Å²) in [4.78, 5) is 0. The Morgan fingerprint density at radius 3 is 0.800 bits per heavy atom.